The Hall–Kier alpha value is -2.21. The molecule has 0 radical (unpaired) electrons. The molecule has 0 bridgehead atoms. The van der Waals surface area contributed by atoms with Crippen molar-refractivity contribution in [2.45, 2.75) is 19.8 Å². The van der Waals surface area contributed by atoms with Crippen LogP contribution in [0.4, 0.5) is 5.69 Å². The number of rotatable bonds is 4. The minimum Gasteiger partial charge on any atom is -0.346 e. The summed E-state index contributed by atoms with van der Waals surface area (Å²) in [5, 5.41) is 14.2. The minimum absolute atomic E-state index is 0.0939. The third kappa shape index (κ3) is 2.95. The van der Waals surface area contributed by atoms with Crippen molar-refractivity contribution < 1.29 is 4.92 Å². The summed E-state index contributed by atoms with van der Waals surface area (Å²) < 4.78 is 0. The summed E-state index contributed by atoms with van der Waals surface area (Å²) in [7, 11) is 0. The molecule has 1 saturated heterocycles. The molecular weight excluding hydrogens is 268 g/mol. The van der Waals surface area contributed by atoms with E-state index >= 15 is 0 Å². The number of aromatic amines is 1. The van der Waals surface area contributed by atoms with Crippen LogP contribution >= 0.6 is 0 Å². The highest BCUT2D eigenvalue weighted by molar-refractivity contribution is 5.64. The molecule has 21 heavy (non-hydrogen) atoms. The quantitative estimate of drug-likeness (QED) is 0.668. The number of nitro groups is 1. The van der Waals surface area contributed by atoms with E-state index in [-0.39, 0.29) is 10.6 Å². The zero-order valence-corrected chi connectivity index (χ0v) is 11.9. The first kappa shape index (κ1) is 13.8. The molecule has 6 nitrogen and oxygen atoms in total. The fourth-order valence-electron chi connectivity index (χ4n) is 2.83. The maximum absolute atomic E-state index is 10.9. The van der Waals surface area contributed by atoms with Crippen LogP contribution in [0, 0.1) is 23.0 Å². The molecule has 2 heterocycles. The van der Waals surface area contributed by atoms with Gasteiger partial charge in [0, 0.05) is 29.8 Å². The van der Waals surface area contributed by atoms with Crippen molar-refractivity contribution in [2.75, 3.05) is 13.1 Å². The lowest BCUT2D eigenvalue weighted by molar-refractivity contribution is -0.384. The average Bonchev–Trinajstić information content (AvgIpc) is 3.09. The molecule has 6 heteroatoms. The Morgan fingerprint density at radius 1 is 1.48 bits per heavy atom. The number of hydrogen-bond donors (Lipinski definition) is 2. The molecule has 110 valence electrons. The molecule has 0 aliphatic carbocycles. The van der Waals surface area contributed by atoms with Gasteiger partial charge >= 0.3 is 0 Å². The summed E-state index contributed by atoms with van der Waals surface area (Å²) in [6, 6.07) is 6.62. The van der Waals surface area contributed by atoms with Gasteiger partial charge in [-0.25, -0.2) is 4.98 Å². The maximum Gasteiger partial charge on any atom is 0.270 e. The van der Waals surface area contributed by atoms with Gasteiger partial charge in [0.2, 0.25) is 0 Å². The molecule has 3 rings (SSSR count). The second kappa shape index (κ2) is 5.65. The molecule has 1 aliphatic heterocycles. The van der Waals surface area contributed by atoms with Crippen LogP contribution in [0.15, 0.2) is 24.3 Å². The lowest BCUT2D eigenvalue weighted by Gasteiger charge is -2.04. The van der Waals surface area contributed by atoms with Crippen LogP contribution in [0.5, 0.6) is 0 Å². The van der Waals surface area contributed by atoms with Crippen molar-refractivity contribution in [3.63, 3.8) is 0 Å². The largest absolute Gasteiger partial charge is 0.346 e. The molecule has 2 N–H and O–H groups in total. The smallest absolute Gasteiger partial charge is 0.270 e. The number of H-pyrrole nitrogens is 1. The Balaban J connectivity index is 1.86. The van der Waals surface area contributed by atoms with Crippen LogP contribution < -0.4 is 5.32 Å². The van der Waals surface area contributed by atoms with E-state index < -0.39 is 0 Å². The fourth-order valence-corrected chi connectivity index (χ4v) is 2.83. The Morgan fingerprint density at radius 3 is 3.05 bits per heavy atom. The van der Waals surface area contributed by atoms with E-state index in [1.165, 1.54) is 12.5 Å². The van der Waals surface area contributed by atoms with Crippen LogP contribution in [0.3, 0.4) is 0 Å². The zero-order chi connectivity index (χ0) is 14.8. The van der Waals surface area contributed by atoms with Gasteiger partial charge in [0.1, 0.15) is 5.82 Å². The summed E-state index contributed by atoms with van der Waals surface area (Å²) in [6.45, 7) is 4.06. The summed E-state index contributed by atoms with van der Waals surface area (Å²) in [5.74, 6) is 1.58. The summed E-state index contributed by atoms with van der Waals surface area (Å²) in [5.41, 5.74) is 2.64. The van der Waals surface area contributed by atoms with Gasteiger partial charge in [-0.3, -0.25) is 10.1 Å². The van der Waals surface area contributed by atoms with Gasteiger partial charge in [0.05, 0.1) is 10.6 Å². The first-order chi connectivity index (χ1) is 10.1. The standard InChI is InChI=1S/C15H18N4O2/c1-10-15(12-3-2-4-13(8-12)19(20)21)18-14(17-10)7-11-5-6-16-9-11/h2-4,8,11,16H,5-7,9H2,1H3,(H,17,18). The Bertz CT molecular complexity index is 659. The summed E-state index contributed by atoms with van der Waals surface area (Å²) in [4.78, 5) is 18.4. The number of non-ortho nitro benzene ring substituents is 1. The van der Waals surface area contributed by atoms with Gasteiger partial charge in [0.25, 0.3) is 5.69 Å². The van der Waals surface area contributed by atoms with Gasteiger partial charge in [-0.15, -0.1) is 0 Å². The predicted octanol–water partition coefficient (Wildman–Crippen LogP) is 2.45. The molecule has 1 aliphatic rings. The fraction of sp³-hybridized carbons (Fsp3) is 0.400. The lowest BCUT2D eigenvalue weighted by Crippen LogP contribution is -2.11. The topological polar surface area (TPSA) is 83.8 Å². The Morgan fingerprint density at radius 2 is 2.33 bits per heavy atom. The second-order valence-corrected chi connectivity index (χ2v) is 5.53. The van der Waals surface area contributed by atoms with Crippen LogP contribution in [-0.4, -0.2) is 28.0 Å². The van der Waals surface area contributed by atoms with E-state index in [1.807, 2.05) is 13.0 Å². The number of nitrogens with one attached hydrogen (secondary N) is 2. The first-order valence-electron chi connectivity index (χ1n) is 7.14. The molecule has 2 aromatic rings. The first-order valence-corrected chi connectivity index (χ1v) is 7.14. The molecular formula is C15H18N4O2. The maximum atomic E-state index is 10.9. The van der Waals surface area contributed by atoms with Crippen LogP contribution in [0.25, 0.3) is 11.3 Å². The molecule has 1 fully saturated rings. The Labute approximate surface area is 122 Å². The van der Waals surface area contributed by atoms with E-state index in [9.17, 15) is 10.1 Å². The molecule has 1 unspecified atom stereocenters. The van der Waals surface area contributed by atoms with Gasteiger partial charge in [-0.05, 0) is 32.4 Å². The Kier molecular flexibility index (Phi) is 3.70. The van der Waals surface area contributed by atoms with Crippen molar-refractivity contribution in [1.82, 2.24) is 15.3 Å². The van der Waals surface area contributed by atoms with Crippen molar-refractivity contribution in [3.8, 4) is 11.3 Å². The number of nitro benzene ring substituents is 1. The monoisotopic (exact) mass is 286 g/mol. The molecule has 1 aromatic carbocycles. The van der Waals surface area contributed by atoms with Crippen molar-refractivity contribution in [2.24, 2.45) is 5.92 Å². The lowest BCUT2D eigenvalue weighted by atomic mass is 10.1. The van der Waals surface area contributed by atoms with Crippen molar-refractivity contribution in [1.29, 1.82) is 0 Å². The highest BCUT2D eigenvalue weighted by Crippen LogP contribution is 2.26. The van der Waals surface area contributed by atoms with E-state index in [1.54, 1.807) is 12.1 Å². The molecule has 0 spiro atoms. The minimum atomic E-state index is -0.378. The average molecular weight is 286 g/mol. The van der Waals surface area contributed by atoms with E-state index in [4.69, 9.17) is 0 Å². The number of aryl methyl sites for hydroxylation is 1. The molecule has 0 saturated carbocycles. The third-order valence-corrected chi connectivity index (χ3v) is 3.91. The zero-order valence-electron chi connectivity index (χ0n) is 11.9. The molecule has 1 aromatic heterocycles. The number of hydrogen-bond acceptors (Lipinski definition) is 4. The van der Waals surface area contributed by atoms with Crippen LogP contribution in [0.1, 0.15) is 17.9 Å². The predicted molar refractivity (Wildman–Crippen MR) is 80.1 cm³/mol. The van der Waals surface area contributed by atoms with Crippen LogP contribution in [-0.2, 0) is 6.42 Å². The number of imidazole rings is 1. The number of benzene rings is 1. The van der Waals surface area contributed by atoms with Gasteiger partial charge < -0.3 is 10.3 Å². The van der Waals surface area contributed by atoms with E-state index in [2.05, 4.69) is 15.3 Å². The summed E-state index contributed by atoms with van der Waals surface area (Å²) in [6.07, 6.45) is 2.09. The third-order valence-electron chi connectivity index (χ3n) is 3.91. The summed E-state index contributed by atoms with van der Waals surface area (Å²) >= 11 is 0. The SMILES string of the molecule is Cc1[nH]c(CC2CCNC2)nc1-c1cccc([N+](=O)[O-])c1. The molecule has 0 amide bonds. The highest BCUT2D eigenvalue weighted by Gasteiger charge is 2.18. The van der Waals surface area contributed by atoms with Crippen molar-refractivity contribution >= 4 is 5.69 Å². The van der Waals surface area contributed by atoms with E-state index in [0.29, 0.717) is 5.92 Å². The van der Waals surface area contributed by atoms with Crippen LogP contribution in [0.2, 0.25) is 0 Å². The number of aromatic nitrogens is 2. The van der Waals surface area contributed by atoms with Gasteiger partial charge in [0.15, 0.2) is 0 Å². The van der Waals surface area contributed by atoms with Crippen molar-refractivity contribution in [3.05, 3.63) is 45.9 Å². The number of nitrogens with zero attached hydrogens (tertiary/aromatic N) is 2. The van der Waals surface area contributed by atoms with E-state index in [0.717, 1.165) is 42.3 Å². The molecule has 1 atom stereocenters. The normalized spacial score (nSPS) is 18.0. The highest BCUT2D eigenvalue weighted by atomic mass is 16.6. The van der Waals surface area contributed by atoms with Gasteiger partial charge in [-0.1, -0.05) is 12.1 Å². The van der Waals surface area contributed by atoms with Gasteiger partial charge in [-0.2, -0.15) is 0 Å². The second-order valence-electron chi connectivity index (χ2n) is 5.53.